The van der Waals surface area contributed by atoms with Crippen LogP contribution in [-0.4, -0.2) is 15.8 Å². The van der Waals surface area contributed by atoms with Crippen LogP contribution >= 0.6 is 11.8 Å². The number of thioether (sulfide) groups is 1. The molecule has 0 aliphatic rings. The summed E-state index contributed by atoms with van der Waals surface area (Å²) in [4.78, 5) is 3.98. The van der Waals surface area contributed by atoms with E-state index in [0.717, 1.165) is 0 Å². The summed E-state index contributed by atoms with van der Waals surface area (Å²) < 4.78 is 5.08. The summed E-state index contributed by atoms with van der Waals surface area (Å²) in [5.74, 6) is 0. The zero-order valence-electron chi connectivity index (χ0n) is 8.23. The van der Waals surface area contributed by atoms with Gasteiger partial charge < -0.3 is 10.2 Å². The second-order valence-corrected chi connectivity index (χ2v) is 4.85. The Kier molecular flexibility index (Phi) is 3.55. The highest BCUT2D eigenvalue weighted by atomic mass is 32.2. The van der Waals surface area contributed by atoms with Crippen LogP contribution in [0.1, 0.15) is 20.3 Å². The minimum atomic E-state index is -0.779. The van der Waals surface area contributed by atoms with E-state index in [0.29, 0.717) is 11.6 Å². The van der Waals surface area contributed by atoms with Crippen LogP contribution in [-0.2, 0) is 0 Å². The molecule has 0 spiro atoms. The number of nitrogens with zero attached hydrogens (tertiary/aromatic N) is 2. The number of nitriles is 1. The first kappa shape index (κ1) is 11.1. The lowest BCUT2D eigenvalue weighted by molar-refractivity contribution is 0.451. The molecule has 0 bridgehead atoms. The van der Waals surface area contributed by atoms with Crippen LogP contribution in [0.2, 0.25) is 0 Å². The third kappa shape index (κ3) is 3.40. The van der Waals surface area contributed by atoms with Crippen molar-refractivity contribution in [2.75, 3.05) is 0 Å². The summed E-state index contributed by atoms with van der Waals surface area (Å²) in [5, 5.41) is 9.57. The molecule has 0 radical (unpaired) electrons. The summed E-state index contributed by atoms with van der Waals surface area (Å²) in [6, 6.07) is 2.07. The van der Waals surface area contributed by atoms with Crippen molar-refractivity contribution in [1.82, 2.24) is 4.98 Å². The molecule has 4 nitrogen and oxygen atoms in total. The van der Waals surface area contributed by atoms with E-state index < -0.39 is 5.54 Å². The van der Waals surface area contributed by atoms with Crippen molar-refractivity contribution in [3.05, 3.63) is 12.5 Å². The summed E-state index contributed by atoms with van der Waals surface area (Å²) in [5.41, 5.74) is 4.94. The van der Waals surface area contributed by atoms with Gasteiger partial charge in [-0.2, -0.15) is 5.26 Å². The molecule has 0 saturated heterocycles. The van der Waals surface area contributed by atoms with Crippen LogP contribution in [0.3, 0.4) is 0 Å². The van der Waals surface area contributed by atoms with E-state index in [2.05, 4.69) is 11.1 Å². The van der Waals surface area contributed by atoms with Gasteiger partial charge in [-0.3, -0.25) is 0 Å². The molecule has 14 heavy (non-hydrogen) atoms. The molecule has 1 aromatic heterocycles. The van der Waals surface area contributed by atoms with E-state index in [1.807, 2.05) is 6.92 Å². The summed E-state index contributed by atoms with van der Waals surface area (Å²) in [6.07, 6.45) is 3.73. The molecule has 0 aliphatic carbocycles. The lowest BCUT2D eigenvalue weighted by Crippen LogP contribution is -2.36. The quantitative estimate of drug-likeness (QED) is 0.768. The van der Waals surface area contributed by atoms with Crippen molar-refractivity contribution >= 4 is 11.8 Å². The summed E-state index contributed by atoms with van der Waals surface area (Å²) in [6.45, 7) is 3.72. The minimum Gasteiger partial charge on any atom is -0.440 e. The van der Waals surface area contributed by atoms with Crippen molar-refractivity contribution in [3.8, 4) is 6.07 Å². The van der Waals surface area contributed by atoms with Crippen LogP contribution in [0, 0.1) is 11.3 Å². The second-order valence-electron chi connectivity index (χ2n) is 3.46. The Labute approximate surface area is 87.5 Å². The van der Waals surface area contributed by atoms with Gasteiger partial charge in [0.2, 0.25) is 0 Å². The van der Waals surface area contributed by atoms with Gasteiger partial charge in [0.25, 0.3) is 5.22 Å². The molecular formula is C9H13N3OS. The fourth-order valence-corrected chi connectivity index (χ4v) is 2.13. The summed E-state index contributed by atoms with van der Waals surface area (Å²) >= 11 is 1.48. The van der Waals surface area contributed by atoms with E-state index in [-0.39, 0.29) is 5.25 Å². The maximum atomic E-state index is 8.75. The molecule has 0 aromatic carbocycles. The van der Waals surface area contributed by atoms with Crippen molar-refractivity contribution in [2.45, 2.75) is 36.3 Å². The summed E-state index contributed by atoms with van der Waals surface area (Å²) in [7, 11) is 0. The van der Waals surface area contributed by atoms with Crippen LogP contribution < -0.4 is 5.73 Å². The molecule has 0 fully saturated rings. The highest BCUT2D eigenvalue weighted by Gasteiger charge is 2.22. The first-order valence-corrected chi connectivity index (χ1v) is 5.18. The minimum absolute atomic E-state index is 0.211. The first-order valence-electron chi connectivity index (χ1n) is 4.30. The largest absolute Gasteiger partial charge is 0.440 e. The Bertz CT molecular complexity index is 315. The third-order valence-corrected chi connectivity index (χ3v) is 2.65. The molecule has 0 saturated carbocycles. The number of oxazole rings is 1. The molecule has 1 rings (SSSR count). The molecule has 2 atom stereocenters. The Morgan fingerprint density at radius 1 is 1.86 bits per heavy atom. The predicted octanol–water partition coefficient (Wildman–Crippen LogP) is 1.79. The van der Waals surface area contributed by atoms with E-state index in [4.69, 9.17) is 15.4 Å². The maximum absolute atomic E-state index is 8.75. The molecule has 1 aromatic rings. The average Bonchev–Trinajstić information content (AvgIpc) is 2.55. The number of hydrogen-bond donors (Lipinski definition) is 1. The van der Waals surface area contributed by atoms with Gasteiger partial charge in [-0.1, -0.05) is 18.7 Å². The smallest absolute Gasteiger partial charge is 0.255 e. The lowest BCUT2D eigenvalue weighted by atomic mass is 10.00. The fraction of sp³-hybridized carbons (Fsp3) is 0.556. The fourth-order valence-electron chi connectivity index (χ4n) is 1.13. The number of aromatic nitrogens is 1. The molecule has 2 N–H and O–H groups in total. The predicted molar refractivity (Wildman–Crippen MR) is 54.6 cm³/mol. The second kappa shape index (κ2) is 4.49. The average molecular weight is 211 g/mol. The van der Waals surface area contributed by atoms with E-state index >= 15 is 0 Å². The van der Waals surface area contributed by atoms with Gasteiger partial charge in [0.05, 0.1) is 12.3 Å². The monoisotopic (exact) mass is 211 g/mol. The molecule has 0 amide bonds. The normalized spacial score (nSPS) is 17.0. The SMILES string of the molecule is CC(CC(C)(N)C#N)Sc1ncco1. The highest BCUT2D eigenvalue weighted by molar-refractivity contribution is 7.99. The van der Waals surface area contributed by atoms with Crippen molar-refractivity contribution in [1.29, 1.82) is 5.26 Å². The van der Waals surface area contributed by atoms with Crippen LogP contribution in [0.15, 0.2) is 22.1 Å². The van der Waals surface area contributed by atoms with Crippen molar-refractivity contribution in [3.63, 3.8) is 0 Å². The molecule has 2 unspecified atom stereocenters. The van der Waals surface area contributed by atoms with E-state index in [1.165, 1.54) is 18.0 Å². The van der Waals surface area contributed by atoms with Gasteiger partial charge in [-0.05, 0) is 13.3 Å². The number of rotatable bonds is 4. The number of hydrogen-bond acceptors (Lipinski definition) is 5. The Morgan fingerprint density at radius 2 is 2.57 bits per heavy atom. The molecular weight excluding hydrogens is 198 g/mol. The molecule has 5 heteroatoms. The van der Waals surface area contributed by atoms with Crippen molar-refractivity contribution < 1.29 is 4.42 Å². The van der Waals surface area contributed by atoms with Gasteiger partial charge in [-0.25, -0.2) is 4.98 Å². The Morgan fingerprint density at radius 3 is 3.07 bits per heavy atom. The van der Waals surface area contributed by atoms with Crippen LogP contribution in [0.5, 0.6) is 0 Å². The topological polar surface area (TPSA) is 75.8 Å². The van der Waals surface area contributed by atoms with Crippen molar-refractivity contribution in [2.24, 2.45) is 5.73 Å². The number of nitrogens with two attached hydrogens (primary N) is 1. The first-order chi connectivity index (χ1) is 6.53. The van der Waals surface area contributed by atoms with Gasteiger partial charge in [-0.15, -0.1) is 0 Å². The van der Waals surface area contributed by atoms with E-state index in [9.17, 15) is 0 Å². The Hall–Kier alpha value is -0.990. The standard InChI is InChI=1S/C9H13N3OS/c1-7(5-9(2,11)6-10)14-8-12-3-4-13-8/h3-4,7H,5,11H2,1-2H3. The zero-order valence-corrected chi connectivity index (χ0v) is 9.04. The zero-order chi connectivity index (χ0) is 10.6. The lowest BCUT2D eigenvalue weighted by Gasteiger charge is -2.18. The molecule has 1 heterocycles. The van der Waals surface area contributed by atoms with Gasteiger partial charge in [0.15, 0.2) is 0 Å². The van der Waals surface area contributed by atoms with Crippen LogP contribution in [0.4, 0.5) is 0 Å². The highest BCUT2D eigenvalue weighted by Crippen LogP contribution is 2.26. The van der Waals surface area contributed by atoms with Gasteiger partial charge in [0.1, 0.15) is 11.8 Å². The maximum Gasteiger partial charge on any atom is 0.255 e. The molecule has 76 valence electrons. The van der Waals surface area contributed by atoms with Crippen LogP contribution in [0.25, 0.3) is 0 Å². The Balaban J connectivity index is 2.45. The van der Waals surface area contributed by atoms with Gasteiger partial charge in [0, 0.05) is 5.25 Å². The molecule has 0 aliphatic heterocycles. The van der Waals surface area contributed by atoms with Gasteiger partial charge >= 0.3 is 0 Å². The third-order valence-electron chi connectivity index (χ3n) is 1.68. The van der Waals surface area contributed by atoms with E-state index in [1.54, 1.807) is 13.1 Å².